The summed E-state index contributed by atoms with van der Waals surface area (Å²) in [6.45, 7) is -0.241. The third kappa shape index (κ3) is 4.72. The number of ether oxygens (including phenoxy) is 2. The monoisotopic (exact) mass is 327 g/mol. The summed E-state index contributed by atoms with van der Waals surface area (Å²) in [6.07, 6.45) is 3.94. The van der Waals surface area contributed by atoms with Crippen LogP contribution in [0.5, 0.6) is 0 Å². The third-order valence-electron chi connectivity index (χ3n) is 3.76. The molecule has 7 heteroatoms. The van der Waals surface area contributed by atoms with Gasteiger partial charge in [0.25, 0.3) is 0 Å². The van der Waals surface area contributed by atoms with Crippen molar-refractivity contribution in [2.75, 3.05) is 13.7 Å². The van der Waals surface area contributed by atoms with Crippen LogP contribution in [0.2, 0.25) is 0 Å². The van der Waals surface area contributed by atoms with E-state index in [0.717, 1.165) is 51.0 Å². The van der Waals surface area contributed by atoms with Crippen LogP contribution in [-0.4, -0.2) is 31.7 Å². The van der Waals surface area contributed by atoms with Gasteiger partial charge in [-0.2, -0.15) is 0 Å². The fraction of sp³-hybridized carbons (Fsp3) is 0.500. The van der Waals surface area contributed by atoms with E-state index in [9.17, 15) is 18.4 Å². The second kappa shape index (κ2) is 8.01. The van der Waals surface area contributed by atoms with E-state index in [1.54, 1.807) is 0 Å². The topological polar surface area (TPSA) is 64.6 Å². The molecule has 0 aliphatic heterocycles. The zero-order chi connectivity index (χ0) is 16.8. The highest BCUT2D eigenvalue weighted by Crippen LogP contribution is 2.22. The Morgan fingerprint density at radius 2 is 2.00 bits per heavy atom. The second-order valence-electron chi connectivity index (χ2n) is 5.41. The summed E-state index contributed by atoms with van der Waals surface area (Å²) >= 11 is 0. The van der Waals surface area contributed by atoms with E-state index in [-0.39, 0.29) is 18.3 Å². The number of rotatable bonds is 6. The van der Waals surface area contributed by atoms with Crippen molar-refractivity contribution in [3.05, 3.63) is 35.4 Å². The summed E-state index contributed by atoms with van der Waals surface area (Å²) in [5.41, 5.74) is -0.286. The molecule has 1 atom stereocenters. The molecule has 0 heterocycles. The lowest BCUT2D eigenvalue weighted by molar-refractivity contribution is -0.146. The van der Waals surface area contributed by atoms with E-state index in [4.69, 9.17) is 4.74 Å². The Labute approximate surface area is 133 Å². The molecule has 1 fully saturated rings. The molecule has 5 nitrogen and oxygen atoms in total. The highest BCUT2D eigenvalue weighted by molar-refractivity contribution is 5.86. The van der Waals surface area contributed by atoms with Gasteiger partial charge in [0.1, 0.15) is 18.2 Å². The highest BCUT2D eigenvalue weighted by Gasteiger charge is 2.27. The largest absolute Gasteiger partial charge is 0.467 e. The number of carbonyl (C=O) groups excluding carboxylic acids is 2. The van der Waals surface area contributed by atoms with E-state index in [1.807, 2.05) is 0 Å². The lowest BCUT2D eigenvalue weighted by Crippen LogP contribution is -2.37. The van der Waals surface area contributed by atoms with Gasteiger partial charge in [0.15, 0.2) is 6.04 Å². The summed E-state index contributed by atoms with van der Waals surface area (Å²) in [7, 11) is 1.10. The Hall–Kier alpha value is -2.02. The smallest absolute Gasteiger partial charge is 0.333 e. The number of nitrogens with one attached hydrogen (secondary N) is 1. The van der Waals surface area contributed by atoms with Gasteiger partial charge in [0.2, 0.25) is 5.91 Å². The standard InChI is InChI=1S/C16H19F2NO4/c1-22-16(21)15(12-8-10(17)6-7-13(12)18)19-14(20)9-23-11-4-2-3-5-11/h6-8,11,15H,2-5,9H2,1H3,(H,19,20)/t15-/m1/s1. The molecule has 1 N–H and O–H groups in total. The summed E-state index contributed by atoms with van der Waals surface area (Å²) in [5, 5.41) is 2.33. The Balaban J connectivity index is 2.04. The lowest BCUT2D eigenvalue weighted by Gasteiger charge is -2.18. The zero-order valence-corrected chi connectivity index (χ0v) is 12.8. The van der Waals surface area contributed by atoms with Crippen molar-refractivity contribution in [2.45, 2.75) is 37.8 Å². The van der Waals surface area contributed by atoms with Crippen molar-refractivity contribution in [3.63, 3.8) is 0 Å². The van der Waals surface area contributed by atoms with Gasteiger partial charge in [-0.25, -0.2) is 13.6 Å². The minimum absolute atomic E-state index is 0.0308. The highest BCUT2D eigenvalue weighted by atomic mass is 19.1. The molecule has 0 saturated heterocycles. The number of esters is 1. The fourth-order valence-electron chi connectivity index (χ4n) is 2.57. The van der Waals surface area contributed by atoms with Gasteiger partial charge in [-0.1, -0.05) is 12.8 Å². The summed E-state index contributed by atoms with van der Waals surface area (Å²) in [4.78, 5) is 23.7. The third-order valence-corrected chi connectivity index (χ3v) is 3.76. The minimum atomic E-state index is -1.42. The van der Waals surface area contributed by atoms with E-state index >= 15 is 0 Å². The maximum atomic E-state index is 13.8. The molecule has 0 aromatic heterocycles. The van der Waals surface area contributed by atoms with Crippen LogP contribution in [-0.2, 0) is 19.1 Å². The van der Waals surface area contributed by atoms with Crippen LogP contribution < -0.4 is 5.32 Å². The van der Waals surface area contributed by atoms with Gasteiger partial charge < -0.3 is 14.8 Å². The van der Waals surface area contributed by atoms with Crippen LogP contribution in [0.4, 0.5) is 8.78 Å². The minimum Gasteiger partial charge on any atom is -0.467 e. The Kier molecular flexibility index (Phi) is 6.04. The van der Waals surface area contributed by atoms with Gasteiger partial charge in [-0.05, 0) is 31.0 Å². The van der Waals surface area contributed by atoms with Crippen LogP contribution in [0.3, 0.4) is 0 Å². The van der Waals surface area contributed by atoms with E-state index < -0.39 is 29.6 Å². The predicted molar refractivity (Wildman–Crippen MR) is 77.5 cm³/mol. The zero-order valence-electron chi connectivity index (χ0n) is 12.8. The van der Waals surface area contributed by atoms with Gasteiger partial charge >= 0.3 is 5.97 Å². The SMILES string of the molecule is COC(=O)[C@H](NC(=O)COC1CCCC1)c1cc(F)ccc1F. The molecule has 0 bridgehead atoms. The Bertz CT molecular complexity index is 573. The molecule has 1 amide bonds. The first-order chi connectivity index (χ1) is 11.0. The molecule has 126 valence electrons. The molecule has 1 saturated carbocycles. The molecule has 0 radical (unpaired) electrons. The summed E-state index contributed by atoms with van der Waals surface area (Å²) in [5.74, 6) is -3.00. The molecule has 23 heavy (non-hydrogen) atoms. The predicted octanol–water partition coefficient (Wildman–Crippen LogP) is 2.25. The molecular formula is C16H19F2NO4. The molecule has 1 aromatic rings. The van der Waals surface area contributed by atoms with Crippen LogP contribution in [0.1, 0.15) is 37.3 Å². The number of hydrogen-bond acceptors (Lipinski definition) is 4. The molecule has 0 spiro atoms. The fourth-order valence-corrected chi connectivity index (χ4v) is 2.57. The van der Waals surface area contributed by atoms with Crippen LogP contribution in [0.25, 0.3) is 0 Å². The van der Waals surface area contributed by atoms with Crippen molar-refractivity contribution in [2.24, 2.45) is 0 Å². The first-order valence-electron chi connectivity index (χ1n) is 7.45. The maximum Gasteiger partial charge on any atom is 0.333 e. The lowest BCUT2D eigenvalue weighted by atomic mass is 10.1. The number of amides is 1. The number of halogens is 2. The average Bonchev–Trinajstić information content (AvgIpc) is 3.06. The second-order valence-corrected chi connectivity index (χ2v) is 5.41. The molecule has 2 rings (SSSR count). The number of methoxy groups -OCH3 is 1. The van der Waals surface area contributed by atoms with Crippen LogP contribution in [0, 0.1) is 11.6 Å². The summed E-state index contributed by atoms with van der Waals surface area (Å²) < 4.78 is 37.1. The quantitative estimate of drug-likeness (QED) is 0.814. The summed E-state index contributed by atoms with van der Waals surface area (Å²) in [6, 6.07) is 1.25. The normalized spacial score (nSPS) is 16.1. The van der Waals surface area contributed by atoms with Crippen LogP contribution >= 0.6 is 0 Å². The van der Waals surface area contributed by atoms with Crippen molar-refractivity contribution >= 4 is 11.9 Å². The van der Waals surface area contributed by atoms with Gasteiger partial charge in [0, 0.05) is 5.56 Å². The van der Waals surface area contributed by atoms with Crippen LogP contribution in [0.15, 0.2) is 18.2 Å². The Morgan fingerprint density at radius 3 is 2.65 bits per heavy atom. The van der Waals surface area contributed by atoms with Crippen molar-refractivity contribution in [1.29, 1.82) is 0 Å². The number of carbonyl (C=O) groups is 2. The number of hydrogen-bond donors (Lipinski definition) is 1. The average molecular weight is 327 g/mol. The van der Waals surface area contributed by atoms with Crippen molar-refractivity contribution in [1.82, 2.24) is 5.32 Å². The van der Waals surface area contributed by atoms with E-state index in [2.05, 4.69) is 10.1 Å². The van der Waals surface area contributed by atoms with Crippen molar-refractivity contribution < 1.29 is 27.8 Å². The Morgan fingerprint density at radius 1 is 1.30 bits per heavy atom. The molecule has 1 aliphatic rings. The molecule has 0 unspecified atom stereocenters. The maximum absolute atomic E-state index is 13.8. The molecule has 1 aromatic carbocycles. The number of benzene rings is 1. The van der Waals surface area contributed by atoms with Gasteiger partial charge in [0.05, 0.1) is 13.2 Å². The first-order valence-corrected chi connectivity index (χ1v) is 7.45. The van der Waals surface area contributed by atoms with Crippen molar-refractivity contribution in [3.8, 4) is 0 Å². The molecular weight excluding hydrogens is 308 g/mol. The van der Waals surface area contributed by atoms with Gasteiger partial charge in [-0.3, -0.25) is 4.79 Å². The molecule has 1 aliphatic carbocycles. The first kappa shape index (κ1) is 17.3. The van der Waals surface area contributed by atoms with E-state index in [0.29, 0.717) is 0 Å². The van der Waals surface area contributed by atoms with Gasteiger partial charge in [-0.15, -0.1) is 0 Å². The van der Waals surface area contributed by atoms with E-state index in [1.165, 1.54) is 0 Å².